The molecule has 0 heterocycles. The Morgan fingerprint density at radius 1 is 1.21 bits per heavy atom. The van der Waals surface area contributed by atoms with Gasteiger partial charge in [-0.3, -0.25) is 4.79 Å². The Balaban J connectivity index is 4.09. The zero-order chi connectivity index (χ0) is 11.1. The van der Waals surface area contributed by atoms with Crippen molar-refractivity contribution in [3.63, 3.8) is 0 Å². The van der Waals surface area contributed by atoms with Gasteiger partial charge in [-0.15, -0.1) is 0 Å². The van der Waals surface area contributed by atoms with E-state index in [4.69, 9.17) is 4.74 Å². The quantitative estimate of drug-likeness (QED) is 0.590. The molecule has 0 N–H and O–H groups in total. The van der Waals surface area contributed by atoms with E-state index in [0.717, 1.165) is 12.8 Å². The van der Waals surface area contributed by atoms with Crippen molar-refractivity contribution < 1.29 is 9.53 Å². The maximum absolute atomic E-state index is 11.8. The number of carbonyl (C=O) groups excluding carboxylic acids is 1. The van der Waals surface area contributed by atoms with Gasteiger partial charge in [0.1, 0.15) is 6.10 Å². The van der Waals surface area contributed by atoms with Crippen LogP contribution in [0.15, 0.2) is 0 Å². The highest BCUT2D eigenvalue weighted by molar-refractivity contribution is 5.85. The van der Waals surface area contributed by atoms with E-state index in [2.05, 4.69) is 6.92 Å². The third-order valence-electron chi connectivity index (χ3n) is 2.25. The second-order valence-corrected chi connectivity index (χ2v) is 4.45. The topological polar surface area (TPSA) is 26.3 Å². The van der Waals surface area contributed by atoms with Crippen LogP contribution in [-0.4, -0.2) is 18.5 Å². The summed E-state index contributed by atoms with van der Waals surface area (Å²) in [6, 6.07) is 0. The zero-order valence-corrected chi connectivity index (χ0v) is 10.2. The zero-order valence-electron chi connectivity index (χ0n) is 10.2. The van der Waals surface area contributed by atoms with Gasteiger partial charge in [0.25, 0.3) is 0 Å². The summed E-state index contributed by atoms with van der Waals surface area (Å²) in [5.41, 5.74) is 0. The van der Waals surface area contributed by atoms with Crippen molar-refractivity contribution in [2.45, 2.75) is 53.6 Å². The molecule has 0 radical (unpaired) electrons. The first-order valence-corrected chi connectivity index (χ1v) is 5.66. The molecule has 0 aromatic rings. The SMILES string of the molecule is CCCCO[C@@H](C(=O)C(C)C)C(C)C. The maximum Gasteiger partial charge on any atom is 0.164 e. The number of ketones is 1. The molecule has 0 bridgehead atoms. The lowest BCUT2D eigenvalue weighted by Crippen LogP contribution is -2.33. The van der Waals surface area contributed by atoms with Crippen molar-refractivity contribution in [2.24, 2.45) is 11.8 Å². The van der Waals surface area contributed by atoms with Crippen LogP contribution in [0.3, 0.4) is 0 Å². The van der Waals surface area contributed by atoms with E-state index >= 15 is 0 Å². The van der Waals surface area contributed by atoms with Crippen LogP contribution in [0.2, 0.25) is 0 Å². The highest BCUT2D eigenvalue weighted by Crippen LogP contribution is 2.13. The molecule has 0 saturated heterocycles. The lowest BCUT2D eigenvalue weighted by atomic mass is 9.95. The Hall–Kier alpha value is -0.370. The Morgan fingerprint density at radius 3 is 2.14 bits per heavy atom. The van der Waals surface area contributed by atoms with Crippen LogP contribution in [0.25, 0.3) is 0 Å². The monoisotopic (exact) mass is 200 g/mol. The minimum Gasteiger partial charge on any atom is -0.370 e. The second kappa shape index (κ2) is 6.99. The van der Waals surface area contributed by atoms with Gasteiger partial charge in [-0.1, -0.05) is 41.0 Å². The molecule has 0 rings (SSSR count). The van der Waals surface area contributed by atoms with Crippen LogP contribution >= 0.6 is 0 Å². The number of ether oxygens (including phenoxy) is 1. The van der Waals surface area contributed by atoms with E-state index in [9.17, 15) is 4.79 Å². The van der Waals surface area contributed by atoms with Crippen LogP contribution in [0, 0.1) is 11.8 Å². The molecule has 0 aliphatic carbocycles. The first-order chi connectivity index (χ1) is 6.50. The summed E-state index contributed by atoms with van der Waals surface area (Å²) in [5.74, 6) is 0.585. The lowest BCUT2D eigenvalue weighted by Gasteiger charge is -2.21. The van der Waals surface area contributed by atoms with Crippen LogP contribution in [0.1, 0.15) is 47.5 Å². The summed E-state index contributed by atoms with van der Waals surface area (Å²) in [6.45, 7) is 10.8. The van der Waals surface area contributed by atoms with Crippen LogP contribution < -0.4 is 0 Å². The van der Waals surface area contributed by atoms with Crippen molar-refractivity contribution in [3.05, 3.63) is 0 Å². The van der Waals surface area contributed by atoms with E-state index in [-0.39, 0.29) is 23.7 Å². The fourth-order valence-corrected chi connectivity index (χ4v) is 1.29. The van der Waals surface area contributed by atoms with Gasteiger partial charge >= 0.3 is 0 Å². The summed E-state index contributed by atoms with van der Waals surface area (Å²) in [5, 5.41) is 0. The van der Waals surface area contributed by atoms with Crippen LogP contribution in [-0.2, 0) is 9.53 Å². The molecule has 0 unspecified atom stereocenters. The van der Waals surface area contributed by atoms with Crippen molar-refractivity contribution in [3.8, 4) is 0 Å². The average Bonchev–Trinajstić information content (AvgIpc) is 2.10. The van der Waals surface area contributed by atoms with Gasteiger partial charge in [0, 0.05) is 12.5 Å². The van der Waals surface area contributed by atoms with Gasteiger partial charge in [-0.2, -0.15) is 0 Å². The number of Topliss-reactive ketones (excluding diaryl/α,β-unsaturated/α-hetero) is 1. The summed E-state index contributed by atoms with van der Waals surface area (Å²) in [6.07, 6.45) is 1.94. The molecule has 1 atom stereocenters. The molecule has 84 valence electrons. The van der Waals surface area contributed by atoms with Gasteiger partial charge in [0.2, 0.25) is 0 Å². The minimum atomic E-state index is -0.207. The molecular formula is C12H24O2. The molecule has 0 spiro atoms. The van der Waals surface area contributed by atoms with Crippen molar-refractivity contribution in [1.82, 2.24) is 0 Å². The van der Waals surface area contributed by atoms with E-state index in [0.29, 0.717) is 6.61 Å². The summed E-state index contributed by atoms with van der Waals surface area (Å²) in [4.78, 5) is 11.8. The minimum absolute atomic E-state index is 0.0732. The first-order valence-electron chi connectivity index (χ1n) is 5.66. The van der Waals surface area contributed by atoms with Gasteiger partial charge in [0.05, 0.1) is 0 Å². The van der Waals surface area contributed by atoms with Gasteiger partial charge in [-0.25, -0.2) is 0 Å². The molecule has 0 aliphatic heterocycles. The molecule has 2 heteroatoms. The third-order valence-corrected chi connectivity index (χ3v) is 2.25. The van der Waals surface area contributed by atoms with Crippen LogP contribution in [0.4, 0.5) is 0 Å². The lowest BCUT2D eigenvalue weighted by molar-refractivity contribution is -0.136. The Kier molecular flexibility index (Phi) is 6.81. The van der Waals surface area contributed by atoms with Gasteiger partial charge in [-0.05, 0) is 12.3 Å². The Morgan fingerprint density at radius 2 is 1.79 bits per heavy atom. The number of unbranched alkanes of at least 4 members (excludes halogenated alkanes) is 1. The third kappa shape index (κ3) is 4.75. The summed E-state index contributed by atoms with van der Waals surface area (Å²) >= 11 is 0. The van der Waals surface area contributed by atoms with Crippen molar-refractivity contribution in [1.29, 1.82) is 0 Å². The predicted molar refractivity (Wildman–Crippen MR) is 59.3 cm³/mol. The fraction of sp³-hybridized carbons (Fsp3) is 0.917. The molecule has 0 amide bonds. The largest absolute Gasteiger partial charge is 0.370 e. The summed E-state index contributed by atoms with van der Waals surface area (Å²) < 4.78 is 5.62. The molecular weight excluding hydrogens is 176 g/mol. The predicted octanol–water partition coefficient (Wildman–Crippen LogP) is 3.05. The molecule has 0 saturated carbocycles. The Labute approximate surface area is 88.0 Å². The highest BCUT2D eigenvalue weighted by atomic mass is 16.5. The second-order valence-electron chi connectivity index (χ2n) is 4.45. The maximum atomic E-state index is 11.8. The van der Waals surface area contributed by atoms with Crippen molar-refractivity contribution in [2.75, 3.05) is 6.61 Å². The van der Waals surface area contributed by atoms with E-state index in [1.54, 1.807) is 0 Å². The molecule has 0 aromatic heterocycles. The van der Waals surface area contributed by atoms with Gasteiger partial charge in [0.15, 0.2) is 5.78 Å². The first kappa shape index (κ1) is 13.6. The molecule has 14 heavy (non-hydrogen) atoms. The molecule has 2 nitrogen and oxygen atoms in total. The number of hydrogen-bond acceptors (Lipinski definition) is 2. The van der Waals surface area contributed by atoms with Crippen molar-refractivity contribution >= 4 is 5.78 Å². The molecule has 0 aromatic carbocycles. The normalized spacial score (nSPS) is 13.6. The Bertz CT molecular complexity index is 162. The van der Waals surface area contributed by atoms with E-state index in [1.165, 1.54) is 0 Å². The van der Waals surface area contributed by atoms with E-state index < -0.39 is 0 Å². The molecule has 0 aliphatic rings. The van der Waals surface area contributed by atoms with Crippen LogP contribution in [0.5, 0.6) is 0 Å². The standard InChI is InChI=1S/C12H24O2/c1-6-7-8-14-12(10(4)5)11(13)9(2)3/h9-10,12H,6-8H2,1-5H3/t12-/m1/s1. The number of hydrogen-bond donors (Lipinski definition) is 0. The number of carbonyl (C=O) groups is 1. The fourth-order valence-electron chi connectivity index (χ4n) is 1.29. The summed E-state index contributed by atoms with van der Waals surface area (Å²) in [7, 11) is 0. The van der Waals surface area contributed by atoms with E-state index in [1.807, 2.05) is 27.7 Å². The molecule has 0 fully saturated rings. The smallest absolute Gasteiger partial charge is 0.164 e. The average molecular weight is 200 g/mol. The number of rotatable bonds is 7. The highest BCUT2D eigenvalue weighted by Gasteiger charge is 2.24. The van der Waals surface area contributed by atoms with Gasteiger partial charge < -0.3 is 4.74 Å².